The Balaban J connectivity index is 2.07. The minimum atomic E-state index is -0.510. The molecule has 0 saturated heterocycles. The number of carbonyl (C=O) groups is 2. The smallest absolute Gasteiger partial charge is 0.242 e. The molecule has 0 aliphatic rings. The van der Waals surface area contributed by atoms with E-state index in [0.717, 1.165) is 17.5 Å². The lowest BCUT2D eigenvalue weighted by Crippen LogP contribution is -2.48. The highest BCUT2D eigenvalue weighted by Gasteiger charge is 2.25. The minimum Gasteiger partial charge on any atom is -0.354 e. The van der Waals surface area contributed by atoms with Gasteiger partial charge in [-0.1, -0.05) is 75.4 Å². The predicted molar refractivity (Wildman–Crippen MR) is 118 cm³/mol. The van der Waals surface area contributed by atoms with E-state index in [0.29, 0.717) is 31.8 Å². The first-order valence-electron chi connectivity index (χ1n) is 10.6. The first-order chi connectivity index (χ1) is 13.9. The highest BCUT2D eigenvalue weighted by atomic mass is 16.2. The van der Waals surface area contributed by atoms with Gasteiger partial charge in [0.15, 0.2) is 0 Å². The molecule has 29 heavy (non-hydrogen) atoms. The summed E-state index contributed by atoms with van der Waals surface area (Å²) in [5, 5.41) is 2.96. The van der Waals surface area contributed by atoms with Gasteiger partial charge < -0.3 is 10.2 Å². The molecule has 2 aromatic rings. The largest absolute Gasteiger partial charge is 0.354 e. The van der Waals surface area contributed by atoms with Crippen LogP contribution in [0.15, 0.2) is 54.6 Å². The molecule has 0 aliphatic carbocycles. The molecule has 0 radical (unpaired) electrons. The van der Waals surface area contributed by atoms with Crippen LogP contribution in [0.2, 0.25) is 0 Å². The van der Waals surface area contributed by atoms with Crippen LogP contribution in [0.4, 0.5) is 0 Å². The summed E-state index contributed by atoms with van der Waals surface area (Å²) in [4.78, 5) is 27.4. The van der Waals surface area contributed by atoms with Crippen LogP contribution in [0, 0.1) is 5.92 Å². The lowest BCUT2D eigenvalue weighted by molar-refractivity contribution is -0.140. The van der Waals surface area contributed by atoms with E-state index in [1.54, 1.807) is 4.90 Å². The maximum absolute atomic E-state index is 13.1. The van der Waals surface area contributed by atoms with Gasteiger partial charge in [0.2, 0.25) is 11.8 Å². The number of nitrogens with zero attached hydrogens (tertiary/aromatic N) is 1. The molecule has 0 aromatic heterocycles. The van der Waals surface area contributed by atoms with Crippen molar-refractivity contribution in [1.82, 2.24) is 10.2 Å². The number of rotatable bonds is 10. The van der Waals surface area contributed by atoms with Crippen molar-refractivity contribution in [3.05, 3.63) is 71.3 Å². The van der Waals surface area contributed by atoms with Crippen molar-refractivity contribution in [1.29, 1.82) is 0 Å². The topological polar surface area (TPSA) is 49.4 Å². The number of aryl methyl sites for hydroxylation is 2. The van der Waals surface area contributed by atoms with Gasteiger partial charge in [0.1, 0.15) is 6.04 Å². The summed E-state index contributed by atoms with van der Waals surface area (Å²) in [7, 11) is 0. The minimum absolute atomic E-state index is 0.000572. The number of hydrogen-bond donors (Lipinski definition) is 1. The van der Waals surface area contributed by atoms with Crippen LogP contribution < -0.4 is 5.32 Å². The second-order valence-corrected chi connectivity index (χ2v) is 7.99. The molecule has 4 nitrogen and oxygen atoms in total. The van der Waals surface area contributed by atoms with E-state index in [4.69, 9.17) is 0 Å². The van der Waals surface area contributed by atoms with Crippen molar-refractivity contribution in [2.45, 2.75) is 59.5 Å². The molecule has 2 aromatic carbocycles. The molecule has 0 bridgehead atoms. The molecule has 0 spiro atoms. The van der Waals surface area contributed by atoms with E-state index in [1.807, 2.05) is 37.3 Å². The molecule has 2 amide bonds. The summed E-state index contributed by atoms with van der Waals surface area (Å²) >= 11 is 0. The number of nitrogens with one attached hydrogen (secondary N) is 1. The first-order valence-corrected chi connectivity index (χ1v) is 10.6. The fourth-order valence-electron chi connectivity index (χ4n) is 3.15. The maximum Gasteiger partial charge on any atom is 0.242 e. The first kappa shape index (κ1) is 22.7. The van der Waals surface area contributed by atoms with Crippen LogP contribution in [0.25, 0.3) is 0 Å². The van der Waals surface area contributed by atoms with Crippen molar-refractivity contribution in [2.24, 2.45) is 5.92 Å². The van der Waals surface area contributed by atoms with Crippen LogP contribution in [0.3, 0.4) is 0 Å². The number of carbonyl (C=O) groups excluding carboxylic acids is 2. The molecule has 1 atom stereocenters. The van der Waals surface area contributed by atoms with E-state index in [2.05, 4.69) is 50.4 Å². The van der Waals surface area contributed by atoms with E-state index < -0.39 is 6.04 Å². The van der Waals surface area contributed by atoms with Crippen molar-refractivity contribution >= 4 is 11.8 Å². The summed E-state index contributed by atoms with van der Waals surface area (Å²) in [6.07, 6.45) is 2.07. The van der Waals surface area contributed by atoms with Gasteiger partial charge in [-0.25, -0.2) is 0 Å². The Bertz CT molecular complexity index is 769. The molecule has 0 unspecified atom stereocenters. The monoisotopic (exact) mass is 394 g/mol. The molecule has 156 valence electrons. The van der Waals surface area contributed by atoms with Gasteiger partial charge in [0, 0.05) is 19.5 Å². The third kappa shape index (κ3) is 7.37. The predicted octanol–water partition coefficient (Wildman–Crippen LogP) is 4.37. The third-order valence-electron chi connectivity index (χ3n) is 5.11. The summed E-state index contributed by atoms with van der Waals surface area (Å²) in [6.45, 7) is 9.10. The molecule has 0 heterocycles. The lowest BCUT2D eigenvalue weighted by Gasteiger charge is -2.29. The Morgan fingerprint density at radius 1 is 0.897 bits per heavy atom. The van der Waals surface area contributed by atoms with Gasteiger partial charge in [-0.3, -0.25) is 9.59 Å². The van der Waals surface area contributed by atoms with Gasteiger partial charge in [-0.05, 0) is 42.4 Å². The van der Waals surface area contributed by atoms with Gasteiger partial charge in [-0.15, -0.1) is 0 Å². The molecule has 1 N–H and O–H groups in total. The normalized spacial score (nSPS) is 11.9. The standard InChI is InChI=1S/C25H34N2O2/c1-5-21-11-13-22(14-12-21)15-16-24(28)27(18-23-9-7-6-8-10-23)20(4)25(29)26-17-19(2)3/h6-14,19-20H,5,15-18H2,1-4H3,(H,26,29)/t20-/m0/s1. The van der Waals surface area contributed by atoms with Crippen LogP contribution in [0.1, 0.15) is 50.8 Å². The fraction of sp³-hybridized carbons (Fsp3) is 0.440. The fourth-order valence-corrected chi connectivity index (χ4v) is 3.15. The zero-order valence-corrected chi connectivity index (χ0v) is 18.2. The molecule has 4 heteroatoms. The Hall–Kier alpha value is -2.62. The van der Waals surface area contributed by atoms with Gasteiger partial charge >= 0.3 is 0 Å². The van der Waals surface area contributed by atoms with E-state index in [1.165, 1.54) is 5.56 Å². The number of amides is 2. The zero-order valence-electron chi connectivity index (χ0n) is 18.2. The second-order valence-electron chi connectivity index (χ2n) is 7.99. The molecule has 2 rings (SSSR count). The van der Waals surface area contributed by atoms with Gasteiger partial charge in [0.05, 0.1) is 0 Å². The van der Waals surface area contributed by atoms with Crippen LogP contribution >= 0.6 is 0 Å². The molecular formula is C25H34N2O2. The zero-order chi connectivity index (χ0) is 21.2. The summed E-state index contributed by atoms with van der Waals surface area (Å²) < 4.78 is 0. The third-order valence-corrected chi connectivity index (χ3v) is 5.11. The van der Waals surface area contributed by atoms with Crippen LogP contribution in [-0.4, -0.2) is 29.3 Å². The van der Waals surface area contributed by atoms with Crippen LogP contribution in [-0.2, 0) is 29.0 Å². The maximum atomic E-state index is 13.1. The molecule has 0 aliphatic heterocycles. The average molecular weight is 395 g/mol. The molecular weight excluding hydrogens is 360 g/mol. The highest BCUT2D eigenvalue weighted by molar-refractivity contribution is 5.87. The molecule has 0 saturated carbocycles. The summed E-state index contributed by atoms with van der Waals surface area (Å²) in [5.74, 6) is 0.270. The van der Waals surface area contributed by atoms with Crippen molar-refractivity contribution in [2.75, 3.05) is 6.54 Å². The summed E-state index contributed by atoms with van der Waals surface area (Å²) in [5.41, 5.74) is 3.46. The number of hydrogen-bond acceptors (Lipinski definition) is 2. The quantitative estimate of drug-likeness (QED) is 0.650. The van der Waals surface area contributed by atoms with E-state index in [9.17, 15) is 9.59 Å². The van der Waals surface area contributed by atoms with Crippen molar-refractivity contribution in [3.63, 3.8) is 0 Å². The van der Waals surface area contributed by atoms with Crippen LogP contribution in [0.5, 0.6) is 0 Å². The summed E-state index contributed by atoms with van der Waals surface area (Å²) in [6, 6.07) is 17.7. The van der Waals surface area contributed by atoms with Gasteiger partial charge in [-0.2, -0.15) is 0 Å². The Kier molecular flexibility index (Phi) is 8.91. The van der Waals surface area contributed by atoms with Crippen molar-refractivity contribution < 1.29 is 9.59 Å². The Morgan fingerprint density at radius 2 is 1.52 bits per heavy atom. The molecule has 0 fully saturated rings. The Labute approximate surface area is 175 Å². The number of benzene rings is 2. The van der Waals surface area contributed by atoms with Gasteiger partial charge in [0.25, 0.3) is 0 Å². The Morgan fingerprint density at radius 3 is 2.10 bits per heavy atom. The SMILES string of the molecule is CCc1ccc(CCC(=O)N(Cc2ccccc2)[C@@H](C)C(=O)NCC(C)C)cc1. The highest BCUT2D eigenvalue weighted by Crippen LogP contribution is 2.14. The van der Waals surface area contributed by atoms with E-state index in [-0.39, 0.29) is 11.8 Å². The second kappa shape index (κ2) is 11.4. The average Bonchev–Trinajstić information content (AvgIpc) is 2.74. The van der Waals surface area contributed by atoms with E-state index >= 15 is 0 Å². The lowest BCUT2D eigenvalue weighted by atomic mass is 10.0. The van der Waals surface area contributed by atoms with Crippen molar-refractivity contribution in [3.8, 4) is 0 Å².